The second kappa shape index (κ2) is 5.40. The Balaban J connectivity index is 2.68. The van der Waals surface area contributed by atoms with Gasteiger partial charge in [-0.05, 0) is 5.56 Å². The summed E-state index contributed by atoms with van der Waals surface area (Å²) in [5, 5.41) is 11.9. The lowest BCUT2D eigenvalue weighted by molar-refractivity contribution is -0.121. The van der Waals surface area contributed by atoms with Crippen LogP contribution in [0.4, 0.5) is 0 Å². The summed E-state index contributed by atoms with van der Waals surface area (Å²) in [6.45, 7) is 1.71. The van der Waals surface area contributed by atoms with Gasteiger partial charge in [-0.2, -0.15) is 0 Å². The van der Waals surface area contributed by atoms with Gasteiger partial charge in [-0.1, -0.05) is 37.3 Å². The molecule has 0 aliphatic rings. The van der Waals surface area contributed by atoms with E-state index >= 15 is 0 Å². The van der Waals surface area contributed by atoms with Crippen LogP contribution in [0.3, 0.4) is 0 Å². The van der Waals surface area contributed by atoms with Gasteiger partial charge in [0.15, 0.2) is 0 Å². The topological polar surface area (TPSA) is 49.3 Å². The van der Waals surface area contributed by atoms with E-state index in [4.69, 9.17) is 5.11 Å². The van der Waals surface area contributed by atoms with Crippen LogP contribution in [0.25, 0.3) is 0 Å². The van der Waals surface area contributed by atoms with Crippen molar-refractivity contribution in [1.29, 1.82) is 0 Å². The van der Waals surface area contributed by atoms with Crippen LogP contribution in [-0.2, 0) is 4.79 Å². The monoisotopic (exact) mass is 193 g/mol. The molecule has 1 aromatic carbocycles. The Labute approximate surface area is 83.8 Å². The van der Waals surface area contributed by atoms with Crippen molar-refractivity contribution in [3.63, 3.8) is 0 Å². The first-order valence-corrected chi connectivity index (χ1v) is 4.73. The fourth-order valence-corrected chi connectivity index (χ4v) is 1.22. The number of amides is 1. The minimum absolute atomic E-state index is 0.0482. The van der Waals surface area contributed by atoms with Crippen LogP contribution in [-0.4, -0.2) is 17.6 Å². The summed E-state index contributed by atoms with van der Waals surface area (Å²) in [4.78, 5) is 11.1. The summed E-state index contributed by atoms with van der Waals surface area (Å²) in [5.74, 6) is -0.0482. The van der Waals surface area contributed by atoms with Gasteiger partial charge in [0.05, 0.1) is 12.6 Å². The molecule has 0 aromatic heterocycles. The number of rotatable bonds is 4. The van der Waals surface area contributed by atoms with E-state index in [-0.39, 0.29) is 18.6 Å². The molecular formula is C11H15NO2. The van der Waals surface area contributed by atoms with Crippen LogP contribution in [0.2, 0.25) is 0 Å². The van der Waals surface area contributed by atoms with Crippen LogP contribution in [0.1, 0.15) is 24.9 Å². The number of hydrogen-bond acceptors (Lipinski definition) is 2. The Morgan fingerprint density at radius 2 is 2.07 bits per heavy atom. The van der Waals surface area contributed by atoms with E-state index in [2.05, 4.69) is 5.32 Å². The summed E-state index contributed by atoms with van der Waals surface area (Å²) in [6.07, 6.45) is 0.434. The van der Waals surface area contributed by atoms with Crippen LogP contribution < -0.4 is 5.32 Å². The molecule has 0 aliphatic carbocycles. The molecule has 1 amide bonds. The largest absolute Gasteiger partial charge is 0.394 e. The first kappa shape index (κ1) is 10.7. The van der Waals surface area contributed by atoms with Gasteiger partial charge in [-0.15, -0.1) is 0 Å². The highest BCUT2D eigenvalue weighted by atomic mass is 16.3. The molecular weight excluding hydrogens is 178 g/mol. The standard InChI is InChI=1S/C11H15NO2/c1-2-11(14)12-10(8-13)9-6-4-3-5-7-9/h3-7,10,13H,2,8H2,1H3,(H,12,14)/t10-/m0/s1. The van der Waals surface area contributed by atoms with Crippen LogP contribution in [0, 0.1) is 0 Å². The second-order valence-electron chi connectivity index (χ2n) is 3.07. The third-order valence-corrected chi connectivity index (χ3v) is 2.04. The number of hydrogen-bond donors (Lipinski definition) is 2. The molecule has 0 saturated heterocycles. The van der Waals surface area contributed by atoms with Crippen molar-refractivity contribution in [2.75, 3.05) is 6.61 Å². The molecule has 14 heavy (non-hydrogen) atoms. The first-order valence-electron chi connectivity index (χ1n) is 4.73. The van der Waals surface area contributed by atoms with Gasteiger partial charge in [0.1, 0.15) is 0 Å². The molecule has 1 rings (SSSR count). The molecule has 0 radical (unpaired) electrons. The number of carbonyl (C=O) groups excluding carboxylic acids is 1. The van der Waals surface area contributed by atoms with E-state index < -0.39 is 0 Å². The zero-order valence-electron chi connectivity index (χ0n) is 8.23. The predicted octanol–water partition coefficient (Wildman–Crippen LogP) is 1.25. The SMILES string of the molecule is CCC(=O)N[C@@H](CO)c1ccccc1. The van der Waals surface area contributed by atoms with Gasteiger partial charge in [0.25, 0.3) is 0 Å². The highest BCUT2D eigenvalue weighted by Gasteiger charge is 2.11. The third-order valence-electron chi connectivity index (χ3n) is 2.04. The molecule has 0 aliphatic heterocycles. The fraction of sp³-hybridized carbons (Fsp3) is 0.364. The summed E-state index contributed by atoms with van der Waals surface area (Å²) in [5.41, 5.74) is 0.928. The molecule has 0 heterocycles. The van der Waals surface area contributed by atoms with Crippen molar-refractivity contribution in [1.82, 2.24) is 5.32 Å². The second-order valence-corrected chi connectivity index (χ2v) is 3.07. The molecule has 0 unspecified atom stereocenters. The lowest BCUT2D eigenvalue weighted by atomic mass is 10.1. The number of benzene rings is 1. The van der Waals surface area contributed by atoms with E-state index in [1.54, 1.807) is 6.92 Å². The van der Waals surface area contributed by atoms with Crippen LogP contribution in [0.15, 0.2) is 30.3 Å². The van der Waals surface area contributed by atoms with E-state index in [1.165, 1.54) is 0 Å². The van der Waals surface area contributed by atoms with E-state index in [9.17, 15) is 4.79 Å². The fourth-order valence-electron chi connectivity index (χ4n) is 1.22. The molecule has 1 aromatic rings. The highest BCUT2D eigenvalue weighted by Crippen LogP contribution is 2.11. The van der Waals surface area contributed by atoms with Crippen molar-refractivity contribution in [2.45, 2.75) is 19.4 Å². The molecule has 0 fully saturated rings. The molecule has 76 valence electrons. The Kier molecular flexibility index (Phi) is 4.13. The molecule has 3 heteroatoms. The Bertz CT molecular complexity index is 285. The molecule has 3 nitrogen and oxygen atoms in total. The number of aliphatic hydroxyl groups is 1. The van der Waals surface area contributed by atoms with Gasteiger partial charge in [0.2, 0.25) is 5.91 Å². The Morgan fingerprint density at radius 3 is 2.57 bits per heavy atom. The predicted molar refractivity (Wildman–Crippen MR) is 54.7 cm³/mol. The van der Waals surface area contributed by atoms with Crippen molar-refractivity contribution in [2.24, 2.45) is 0 Å². The lowest BCUT2D eigenvalue weighted by Crippen LogP contribution is -2.29. The Morgan fingerprint density at radius 1 is 1.43 bits per heavy atom. The molecule has 0 bridgehead atoms. The van der Waals surface area contributed by atoms with Crippen molar-refractivity contribution in [3.8, 4) is 0 Å². The summed E-state index contributed by atoms with van der Waals surface area (Å²) >= 11 is 0. The van der Waals surface area contributed by atoms with Crippen LogP contribution in [0.5, 0.6) is 0 Å². The van der Waals surface area contributed by atoms with Crippen molar-refractivity contribution < 1.29 is 9.90 Å². The van der Waals surface area contributed by atoms with Gasteiger partial charge in [-0.25, -0.2) is 0 Å². The Hall–Kier alpha value is -1.35. The molecule has 1 atom stereocenters. The maximum Gasteiger partial charge on any atom is 0.220 e. The highest BCUT2D eigenvalue weighted by molar-refractivity contribution is 5.76. The maximum absolute atomic E-state index is 11.1. The summed E-state index contributed by atoms with van der Waals surface area (Å²) in [6, 6.07) is 9.16. The molecule has 2 N–H and O–H groups in total. The zero-order chi connectivity index (χ0) is 10.4. The van der Waals surface area contributed by atoms with Gasteiger partial charge in [-0.3, -0.25) is 4.79 Å². The summed E-state index contributed by atoms with van der Waals surface area (Å²) in [7, 11) is 0. The number of carbonyl (C=O) groups is 1. The van der Waals surface area contributed by atoms with Crippen molar-refractivity contribution >= 4 is 5.91 Å². The number of nitrogens with one attached hydrogen (secondary N) is 1. The minimum Gasteiger partial charge on any atom is -0.394 e. The van der Waals surface area contributed by atoms with E-state index in [0.29, 0.717) is 6.42 Å². The maximum atomic E-state index is 11.1. The quantitative estimate of drug-likeness (QED) is 0.756. The molecule has 0 spiro atoms. The zero-order valence-corrected chi connectivity index (χ0v) is 8.23. The summed E-state index contributed by atoms with van der Waals surface area (Å²) < 4.78 is 0. The average molecular weight is 193 g/mol. The van der Waals surface area contributed by atoms with E-state index in [0.717, 1.165) is 5.56 Å². The normalized spacial score (nSPS) is 12.1. The van der Waals surface area contributed by atoms with E-state index in [1.807, 2.05) is 30.3 Å². The number of aliphatic hydroxyl groups excluding tert-OH is 1. The smallest absolute Gasteiger partial charge is 0.220 e. The lowest BCUT2D eigenvalue weighted by Gasteiger charge is -2.15. The minimum atomic E-state index is -0.288. The molecule has 0 saturated carbocycles. The first-order chi connectivity index (χ1) is 6.77. The third kappa shape index (κ3) is 2.85. The van der Waals surface area contributed by atoms with Gasteiger partial charge >= 0.3 is 0 Å². The van der Waals surface area contributed by atoms with Gasteiger partial charge < -0.3 is 10.4 Å². The van der Waals surface area contributed by atoms with Crippen LogP contribution >= 0.6 is 0 Å². The van der Waals surface area contributed by atoms with Gasteiger partial charge in [0, 0.05) is 6.42 Å². The average Bonchev–Trinajstić information content (AvgIpc) is 2.26. The van der Waals surface area contributed by atoms with Crippen molar-refractivity contribution in [3.05, 3.63) is 35.9 Å².